The van der Waals surface area contributed by atoms with Gasteiger partial charge in [-0.25, -0.2) is 4.98 Å². The van der Waals surface area contributed by atoms with Gasteiger partial charge in [0.1, 0.15) is 0 Å². The molecule has 0 saturated carbocycles. The minimum absolute atomic E-state index is 0.158. The Bertz CT molecular complexity index is 697. The van der Waals surface area contributed by atoms with E-state index in [1.165, 1.54) is 7.11 Å². The predicted octanol–water partition coefficient (Wildman–Crippen LogP) is 4.66. The number of pyridine rings is 1. The van der Waals surface area contributed by atoms with E-state index in [0.717, 1.165) is 10.9 Å². The topological polar surface area (TPSA) is 57.7 Å². The highest BCUT2D eigenvalue weighted by atomic mass is 35.5. The molecule has 0 fully saturated rings. The van der Waals surface area contributed by atoms with Crippen LogP contribution in [0.25, 0.3) is 10.9 Å². The maximum atomic E-state index is 12.8. The highest BCUT2D eigenvalue weighted by molar-refractivity contribution is 7.53. The molecule has 0 aliphatic heterocycles. The summed E-state index contributed by atoms with van der Waals surface area (Å²) < 4.78 is 28.7. The van der Waals surface area contributed by atoms with Crippen LogP contribution in [-0.4, -0.2) is 25.3 Å². The number of hydrogen-bond donors (Lipinski definition) is 0. The number of ether oxygens (including phenoxy) is 1. The van der Waals surface area contributed by atoms with Crippen molar-refractivity contribution in [1.29, 1.82) is 0 Å². The van der Waals surface area contributed by atoms with Crippen LogP contribution in [-0.2, 0) is 19.8 Å². The van der Waals surface area contributed by atoms with Crippen LogP contribution in [0.3, 0.4) is 0 Å². The van der Waals surface area contributed by atoms with E-state index in [2.05, 4.69) is 4.98 Å². The molecule has 1 aromatic carbocycles. The number of benzene rings is 1. The molecule has 0 unspecified atom stereocenters. The first-order valence-corrected chi connectivity index (χ1v) is 9.13. The number of nitrogens with zero attached hydrogens (tertiary/aromatic N) is 1. The van der Waals surface area contributed by atoms with E-state index in [-0.39, 0.29) is 6.16 Å². The zero-order chi connectivity index (χ0) is 16.2. The van der Waals surface area contributed by atoms with Crippen LogP contribution >= 0.6 is 19.2 Å². The molecule has 0 radical (unpaired) electrons. The number of fused-ring (bicyclic) bond motifs is 1. The van der Waals surface area contributed by atoms with Crippen molar-refractivity contribution in [2.75, 3.05) is 20.3 Å². The lowest BCUT2D eigenvalue weighted by molar-refractivity contribution is 0.219. The smallest absolute Gasteiger partial charge is 0.335 e. The molecule has 0 amide bonds. The fourth-order valence-electron chi connectivity index (χ4n) is 2.21. The third-order valence-electron chi connectivity index (χ3n) is 3.06. The van der Waals surface area contributed by atoms with Crippen molar-refractivity contribution in [3.63, 3.8) is 0 Å². The Morgan fingerprint density at radius 3 is 2.45 bits per heavy atom. The van der Waals surface area contributed by atoms with Gasteiger partial charge in [-0.1, -0.05) is 17.7 Å². The van der Waals surface area contributed by atoms with Gasteiger partial charge in [-0.2, -0.15) is 0 Å². The molecule has 2 aromatic rings. The van der Waals surface area contributed by atoms with Crippen molar-refractivity contribution < 1.29 is 18.3 Å². The molecule has 0 N–H and O–H groups in total. The first kappa shape index (κ1) is 17.2. The van der Waals surface area contributed by atoms with Gasteiger partial charge < -0.3 is 13.8 Å². The van der Waals surface area contributed by atoms with Gasteiger partial charge in [0.15, 0.2) is 0 Å². The van der Waals surface area contributed by atoms with Crippen LogP contribution in [0, 0.1) is 0 Å². The van der Waals surface area contributed by atoms with Crippen molar-refractivity contribution in [3.8, 4) is 5.88 Å². The average molecular weight is 344 g/mol. The van der Waals surface area contributed by atoms with Crippen molar-refractivity contribution in [3.05, 3.63) is 34.9 Å². The molecule has 0 spiro atoms. The molecule has 5 nitrogen and oxygen atoms in total. The molecule has 0 aliphatic rings. The number of methoxy groups -OCH3 is 1. The molecule has 7 heteroatoms. The molecule has 0 aliphatic carbocycles. The standard InChI is InChI=1S/C15H19ClNO4P/c1-4-20-22(18,21-5-2)10-11-8-15(19-3)17-14-9-12(16)6-7-13(11)14/h6-9H,4-5,10H2,1-3H3. The van der Waals surface area contributed by atoms with Gasteiger partial charge >= 0.3 is 7.60 Å². The lowest BCUT2D eigenvalue weighted by Crippen LogP contribution is -2.01. The van der Waals surface area contributed by atoms with Gasteiger partial charge in [0.05, 0.1) is 32.0 Å². The van der Waals surface area contributed by atoms with Crippen LogP contribution in [0.15, 0.2) is 24.3 Å². The maximum Gasteiger partial charge on any atom is 0.335 e. The van der Waals surface area contributed by atoms with E-state index in [0.29, 0.717) is 29.6 Å². The van der Waals surface area contributed by atoms with E-state index in [1.807, 2.05) is 6.07 Å². The average Bonchev–Trinajstić information content (AvgIpc) is 2.46. The zero-order valence-corrected chi connectivity index (χ0v) is 14.5. The van der Waals surface area contributed by atoms with Crippen LogP contribution in [0.5, 0.6) is 5.88 Å². The Hall–Kier alpha value is -1.13. The molecular formula is C15H19ClNO4P. The minimum atomic E-state index is -3.20. The summed E-state index contributed by atoms with van der Waals surface area (Å²) in [6, 6.07) is 7.12. The molecule has 2 rings (SSSR count). The summed E-state index contributed by atoms with van der Waals surface area (Å²) in [4.78, 5) is 4.36. The largest absolute Gasteiger partial charge is 0.481 e. The van der Waals surface area contributed by atoms with Gasteiger partial charge in [-0.15, -0.1) is 0 Å². The normalized spacial score (nSPS) is 11.8. The summed E-state index contributed by atoms with van der Waals surface area (Å²) in [5.41, 5.74) is 1.48. The molecule has 0 atom stereocenters. The number of aromatic nitrogens is 1. The van der Waals surface area contributed by atoms with Crippen molar-refractivity contribution in [2.45, 2.75) is 20.0 Å². The van der Waals surface area contributed by atoms with Gasteiger partial charge in [-0.3, -0.25) is 4.57 Å². The number of hydrogen-bond acceptors (Lipinski definition) is 5. The first-order valence-electron chi connectivity index (χ1n) is 7.02. The zero-order valence-electron chi connectivity index (χ0n) is 12.8. The summed E-state index contributed by atoms with van der Waals surface area (Å²) in [6.45, 7) is 4.22. The lowest BCUT2D eigenvalue weighted by Gasteiger charge is -2.18. The van der Waals surface area contributed by atoms with Crippen molar-refractivity contribution in [2.24, 2.45) is 0 Å². The van der Waals surface area contributed by atoms with Crippen LogP contribution in [0.4, 0.5) is 0 Å². The predicted molar refractivity (Wildman–Crippen MR) is 87.9 cm³/mol. The van der Waals surface area contributed by atoms with Crippen molar-refractivity contribution in [1.82, 2.24) is 4.98 Å². The molecule has 22 heavy (non-hydrogen) atoms. The Kier molecular flexibility index (Phi) is 5.81. The summed E-state index contributed by atoms with van der Waals surface area (Å²) >= 11 is 6.01. The van der Waals surface area contributed by atoms with E-state index in [1.54, 1.807) is 32.0 Å². The Morgan fingerprint density at radius 2 is 1.86 bits per heavy atom. The van der Waals surface area contributed by atoms with Gasteiger partial charge in [0.25, 0.3) is 0 Å². The van der Waals surface area contributed by atoms with E-state index >= 15 is 0 Å². The molecular weight excluding hydrogens is 325 g/mol. The van der Waals surface area contributed by atoms with Crippen molar-refractivity contribution >= 4 is 30.1 Å². The molecule has 0 bridgehead atoms. The summed E-state index contributed by atoms with van der Waals surface area (Å²) in [5, 5.41) is 1.43. The lowest BCUT2D eigenvalue weighted by atomic mass is 10.1. The number of halogens is 1. The van der Waals surface area contributed by atoms with Gasteiger partial charge in [0, 0.05) is 16.5 Å². The maximum absolute atomic E-state index is 12.8. The van der Waals surface area contributed by atoms with E-state index in [9.17, 15) is 4.57 Å². The molecule has 120 valence electrons. The van der Waals surface area contributed by atoms with Crippen LogP contribution in [0.2, 0.25) is 5.02 Å². The third-order valence-corrected chi connectivity index (χ3v) is 5.33. The van der Waals surface area contributed by atoms with Crippen LogP contribution < -0.4 is 4.74 Å². The van der Waals surface area contributed by atoms with E-state index < -0.39 is 7.60 Å². The van der Waals surface area contributed by atoms with Gasteiger partial charge in [0.2, 0.25) is 5.88 Å². The second kappa shape index (κ2) is 7.42. The Morgan fingerprint density at radius 1 is 1.18 bits per heavy atom. The molecule has 1 heterocycles. The minimum Gasteiger partial charge on any atom is -0.481 e. The highest BCUT2D eigenvalue weighted by Gasteiger charge is 2.25. The molecule has 0 saturated heterocycles. The Labute approximate surface area is 135 Å². The SMILES string of the molecule is CCOP(=O)(Cc1cc(OC)nc2cc(Cl)ccc12)OCC. The Balaban J connectivity index is 2.51. The fraction of sp³-hybridized carbons (Fsp3) is 0.400. The second-order valence-corrected chi connectivity index (χ2v) is 7.08. The van der Waals surface area contributed by atoms with Crippen LogP contribution in [0.1, 0.15) is 19.4 Å². The highest BCUT2D eigenvalue weighted by Crippen LogP contribution is 2.52. The summed E-state index contributed by atoms with van der Waals surface area (Å²) in [5.74, 6) is 0.435. The summed E-state index contributed by atoms with van der Waals surface area (Å²) in [7, 11) is -1.67. The van der Waals surface area contributed by atoms with Gasteiger partial charge in [-0.05, 0) is 31.5 Å². The monoisotopic (exact) mass is 343 g/mol. The third kappa shape index (κ3) is 3.99. The second-order valence-electron chi connectivity index (χ2n) is 4.59. The number of rotatable bonds is 7. The van der Waals surface area contributed by atoms with E-state index in [4.69, 9.17) is 25.4 Å². The quantitative estimate of drug-likeness (QED) is 0.684. The first-order chi connectivity index (χ1) is 10.5. The summed E-state index contributed by atoms with van der Waals surface area (Å²) in [6.07, 6.45) is 0.158. The molecule has 1 aromatic heterocycles. The fourth-order valence-corrected chi connectivity index (χ4v) is 4.10.